The molecule has 2 aliphatic heterocycles. The second kappa shape index (κ2) is 5.48. The van der Waals surface area contributed by atoms with Crippen molar-refractivity contribution in [3.63, 3.8) is 0 Å². The molecule has 0 aromatic heterocycles. The summed E-state index contributed by atoms with van der Waals surface area (Å²) in [5, 5.41) is 6.39. The Morgan fingerprint density at radius 1 is 1.08 bits per heavy atom. The predicted molar refractivity (Wildman–Crippen MR) is 97.7 cm³/mol. The number of methoxy groups -OCH3 is 1. The highest BCUT2D eigenvalue weighted by Crippen LogP contribution is 2.66. The van der Waals surface area contributed by atoms with E-state index in [-0.39, 0.29) is 16.7 Å². The maximum absolute atomic E-state index is 11.9. The number of benzene rings is 2. The van der Waals surface area contributed by atoms with Crippen molar-refractivity contribution in [2.24, 2.45) is 5.41 Å². The molecule has 5 nitrogen and oxygen atoms in total. The van der Waals surface area contributed by atoms with E-state index in [1.807, 2.05) is 30.3 Å². The number of fused-ring (bicyclic) bond motifs is 2. The molecule has 0 radical (unpaired) electrons. The molecule has 1 saturated heterocycles. The number of amides is 1. The Bertz CT molecular complexity index is 879. The van der Waals surface area contributed by atoms with E-state index in [9.17, 15) is 4.79 Å². The first kappa shape index (κ1) is 15.7. The topological polar surface area (TPSA) is 59.6 Å². The van der Waals surface area contributed by atoms with Gasteiger partial charge in [0.15, 0.2) is 0 Å². The van der Waals surface area contributed by atoms with Gasteiger partial charge in [0.05, 0.1) is 13.7 Å². The Hall–Kier alpha value is -2.53. The van der Waals surface area contributed by atoms with Crippen LogP contribution in [-0.2, 0) is 12.0 Å². The fraction of sp³-hybridized carbons (Fsp3) is 0.381. The van der Waals surface area contributed by atoms with Crippen molar-refractivity contribution in [1.82, 2.24) is 10.6 Å². The Kier molecular flexibility index (Phi) is 3.31. The van der Waals surface area contributed by atoms with E-state index in [0.717, 1.165) is 42.1 Å². The molecule has 1 amide bonds. The number of carbonyl (C=O) groups excluding carboxylic acids is 1. The van der Waals surface area contributed by atoms with Gasteiger partial charge in [-0.2, -0.15) is 0 Å². The molecule has 2 unspecified atom stereocenters. The lowest BCUT2D eigenvalue weighted by molar-refractivity contribution is 0.0965. The first-order chi connectivity index (χ1) is 12.7. The van der Waals surface area contributed by atoms with Gasteiger partial charge >= 0.3 is 0 Å². The average Bonchev–Trinajstić information content (AvgIpc) is 2.96. The van der Waals surface area contributed by atoms with Crippen molar-refractivity contribution in [3.8, 4) is 11.5 Å². The highest BCUT2D eigenvalue weighted by molar-refractivity contribution is 5.98. The minimum absolute atomic E-state index is 0.00912. The van der Waals surface area contributed by atoms with E-state index < -0.39 is 0 Å². The highest BCUT2D eigenvalue weighted by Gasteiger charge is 2.71. The van der Waals surface area contributed by atoms with Crippen LogP contribution in [0.4, 0.5) is 0 Å². The van der Waals surface area contributed by atoms with Crippen molar-refractivity contribution in [2.45, 2.75) is 18.4 Å². The van der Waals surface area contributed by atoms with Crippen molar-refractivity contribution >= 4 is 5.91 Å². The maximum atomic E-state index is 11.9. The molecular formula is C21H22N2O3. The smallest absolute Gasteiger partial charge is 0.252 e. The fourth-order valence-corrected chi connectivity index (χ4v) is 4.69. The van der Waals surface area contributed by atoms with Gasteiger partial charge < -0.3 is 20.1 Å². The monoisotopic (exact) mass is 350 g/mol. The highest BCUT2D eigenvalue weighted by atomic mass is 16.5. The molecule has 5 rings (SSSR count). The SMILES string of the molecule is COc1ccc(C23CNCC2(COc2ccc4c(c2)C(=O)NC4)C3)cc1. The second-order valence-electron chi connectivity index (χ2n) is 7.66. The molecule has 2 aromatic rings. The van der Waals surface area contributed by atoms with E-state index in [1.165, 1.54) is 5.56 Å². The van der Waals surface area contributed by atoms with Gasteiger partial charge in [-0.1, -0.05) is 18.2 Å². The molecule has 2 N–H and O–H groups in total. The molecule has 0 bridgehead atoms. The molecule has 3 aliphatic rings. The van der Waals surface area contributed by atoms with E-state index in [1.54, 1.807) is 7.11 Å². The normalized spacial score (nSPS) is 28.3. The van der Waals surface area contributed by atoms with E-state index in [0.29, 0.717) is 13.2 Å². The molecule has 5 heteroatoms. The number of nitrogens with one attached hydrogen (secondary N) is 2. The quantitative estimate of drug-likeness (QED) is 0.868. The summed E-state index contributed by atoms with van der Waals surface area (Å²) in [5.74, 6) is 1.65. The third-order valence-electron chi connectivity index (χ3n) is 6.34. The predicted octanol–water partition coefficient (Wildman–Crippen LogP) is 2.25. The van der Waals surface area contributed by atoms with Crippen molar-refractivity contribution in [2.75, 3.05) is 26.8 Å². The summed E-state index contributed by atoms with van der Waals surface area (Å²) in [5.41, 5.74) is 3.40. The summed E-state index contributed by atoms with van der Waals surface area (Å²) < 4.78 is 11.4. The minimum Gasteiger partial charge on any atom is -0.497 e. The number of ether oxygens (including phenoxy) is 2. The molecule has 1 aliphatic carbocycles. The van der Waals surface area contributed by atoms with Gasteiger partial charge in [-0.3, -0.25) is 4.79 Å². The molecule has 2 fully saturated rings. The van der Waals surface area contributed by atoms with Crippen LogP contribution in [0.2, 0.25) is 0 Å². The van der Waals surface area contributed by atoms with Crippen LogP contribution in [0.1, 0.15) is 27.9 Å². The molecule has 0 spiro atoms. The van der Waals surface area contributed by atoms with Crippen molar-refractivity contribution in [1.29, 1.82) is 0 Å². The van der Waals surface area contributed by atoms with Crippen molar-refractivity contribution in [3.05, 3.63) is 59.2 Å². The molecule has 26 heavy (non-hydrogen) atoms. The summed E-state index contributed by atoms with van der Waals surface area (Å²) in [6.07, 6.45) is 1.13. The van der Waals surface area contributed by atoms with Crippen LogP contribution in [0.15, 0.2) is 42.5 Å². The second-order valence-corrected chi connectivity index (χ2v) is 7.66. The Morgan fingerprint density at radius 3 is 2.69 bits per heavy atom. The van der Waals surface area contributed by atoms with Crippen LogP contribution in [0.25, 0.3) is 0 Å². The molecule has 2 aromatic carbocycles. The molecule has 2 atom stereocenters. The van der Waals surface area contributed by atoms with E-state index in [2.05, 4.69) is 22.8 Å². The molecule has 1 saturated carbocycles. The zero-order valence-electron chi connectivity index (χ0n) is 14.8. The Morgan fingerprint density at radius 2 is 1.88 bits per heavy atom. The minimum atomic E-state index is -0.00912. The summed E-state index contributed by atoms with van der Waals surface area (Å²) in [6.45, 7) is 3.22. The van der Waals surface area contributed by atoms with Gasteiger partial charge in [0.2, 0.25) is 0 Å². The lowest BCUT2D eigenvalue weighted by Gasteiger charge is -2.19. The standard InChI is InChI=1S/C21H22N2O3/c1-25-16-6-3-15(4-7-16)21-10-20(21,11-22-12-21)13-26-17-5-2-14-9-23-19(24)18(14)8-17/h2-8,22H,9-13H2,1H3,(H,23,24). The number of hydrogen-bond acceptors (Lipinski definition) is 4. The molecule has 2 heterocycles. The summed E-state index contributed by atoms with van der Waals surface area (Å²) in [6, 6.07) is 14.2. The van der Waals surface area contributed by atoms with Crippen molar-refractivity contribution < 1.29 is 14.3 Å². The summed E-state index contributed by atoms with van der Waals surface area (Å²) >= 11 is 0. The van der Waals surface area contributed by atoms with Gasteiger partial charge in [-0.25, -0.2) is 0 Å². The van der Waals surface area contributed by atoms with Crippen LogP contribution in [0, 0.1) is 5.41 Å². The number of hydrogen-bond donors (Lipinski definition) is 2. The van der Waals surface area contributed by atoms with Crippen LogP contribution < -0.4 is 20.1 Å². The first-order valence-corrected chi connectivity index (χ1v) is 9.05. The summed E-state index contributed by atoms with van der Waals surface area (Å²) in [4.78, 5) is 11.9. The van der Waals surface area contributed by atoms with Gasteiger partial charge in [0, 0.05) is 36.0 Å². The van der Waals surface area contributed by atoms with Gasteiger partial charge in [-0.15, -0.1) is 0 Å². The van der Waals surface area contributed by atoms with Crippen LogP contribution in [0.3, 0.4) is 0 Å². The molecule has 134 valence electrons. The van der Waals surface area contributed by atoms with E-state index in [4.69, 9.17) is 9.47 Å². The van der Waals surface area contributed by atoms with E-state index >= 15 is 0 Å². The first-order valence-electron chi connectivity index (χ1n) is 9.05. The largest absolute Gasteiger partial charge is 0.497 e. The van der Waals surface area contributed by atoms with Gasteiger partial charge in [-0.05, 0) is 41.8 Å². The number of rotatable bonds is 5. The lowest BCUT2D eigenvalue weighted by Crippen LogP contribution is -2.23. The third kappa shape index (κ3) is 2.16. The average molecular weight is 350 g/mol. The van der Waals surface area contributed by atoms with Crippen LogP contribution in [-0.4, -0.2) is 32.7 Å². The van der Waals surface area contributed by atoms with Crippen LogP contribution in [0.5, 0.6) is 11.5 Å². The summed E-state index contributed by atoms with van der Waals surface area (Å²) in [7, 11) is 1.69. The Labute approximate surface area is 152 Å². The lowest BCUT2D eigenvalue weighted by atomic mass is 9.89. The zero-order chi connectivity index (χ0) is 17.8. The Balaban J connectivity index is 1.34. The van der Waals surface area contributed by atoms with Crippen LogP contribution >= 0.6 is 0 Å². The third-order valence-corrected chi connectivity index (χ3v) is 6.34. The number of carbonyl (C=O) groups is 1. The fourth-order valence-electron chi connectivity index (χ4n) is 4.69. The zero-order valence-corrected chi connectivity index (χ0v) is 14.8. The van der Waals surface area contributed by atoms with Gasteiger partial charge in [0.25, 0.3) is 5.91 Å². The maximum Gasteiger partial charge on any atom is 0.252 e. The number of piperidine rings is 1. The molecular weight excluding hydrogens is 328 g/mol. The van der Waals surface area contributed by atoms with Gasteiger partial charge in [0.1, 0.15) is 11.5 Å².